The molecule has 0 aliphatic carbocycles. The third-order valence-electron chi connectivity index (χ3n) is 6.43. The third kappa shape index (κ3) is 10.5. The van der Waals surface area contributed by atoms with E-state index in [1.807, 2.05) is 18.2 Å². The number of carbonyl (C=O) groups excluding carboxylic acids is 4. The average molecular weight is 529 g/mol. The molecule has 38 heavy (non-hydrogen) atoms. The molecule has 2 rings (SSSR count). The van der Waals surface area contributed by atoms with Gasteiger partial charge in [-0.15, -0.1) is 13.2 Å². The van der Waals surface area contributed by atoms with Crippen molar-refractivity contribution in [1.82, 2.24) is 10.2 Å². The van der Waals surface area contributed by atoms with E-state index in [4.69, 9.17) is 9.47 Å². The van der Waals surface area contributed by atoms with E-state index in [0.29, 0.717) is 13.0 Å². The standard InChI is InChI=1S/C29H40N2O7/c1-3-5-6-10-16-27(34)37-21-25(29(36)38-20-22-13-8-7-9-14-22)30-28(35)23(12-4-2)18-26(33)31-17-11-15-24(31)19-32/h3-4,7-9,13-14,23-25,32H,1-2,5-6,10-12,15-21H2,(H,30,35). The molecule has 2 amide bonds. The number of amides is 2. The van der Waals surface area contributed by atoms with E-state index < -0.39 is 29.8 Å². The Kier molecular flexibility index (Phi) is 13.9. The average Bonchev–Trinajstić information content (AvgIpc) is 3.41. The number of aliphatic hydroxyl groups is 1. The van der Waals surface area contributed by atoms with Crippen LogP contribution in [-0.4, -0.2) is 65.6 Å². The highest BCUT2D eigenvalue weighted by atomic mass is 16.6. The highest BCUT2D eigenvalue weighted by molar-refractivity contribution is 5.89. The lowest BCUT2D eigenvalue weighted by Gasteiger charge is -2.26. The summed E-state index contributed by atoms with van der Waals surface area (Å²) in [4.78, 5) is 52.7. The fourth-order valence-corrected chi connectivity index (χ4v) is 4.26. The van der Waals surface area contributed by atoms with Crippen molar-refractivity contribution in [1.29, 1.82) is 0 Å². The van der Waals surface area contributed by atoms with Gasteiger partial charge in [0, 0.05) is 19.4 Å². The monoisotopic (exact) mass is 528 g/mol. The first kappa shape index (κ1) is 30.8. The molecule has 1 saturated heterocycles. The van der Waals surface area contributed by atoms with Crippen LogP contribution >= 0.6 is 0 Å². The van der Waals surface area contributed by atoms with Crippen LogP contribution in [0.2, 0.25) is 0 Å². The van der Waals surface area contributed by atoms with Crippen molar-refractivity contribution < 1.29 is 33.8 Å². The lowest BCUT2D eigenvalue weighted by atomic mass is 9.98. The second kappa shape index (κ2) is 17.1. The van der Waals surface area contributed by atoms with Crippen molar-refractivity contribution in [2.24, 2.45) is 5.92 Å². The summed E-state index contributed by atoms with van der Waals surface area (Å²) < 4.78 is 10.7. The zero-order valence-electron chi connectivity index (χ0n) is 22.0. The number of likely N-dealkylation sites (tertiary alicyclic amines) is 1. The summed E-state index contributed by atoms with van der Waals surface area (Å²) in [5.41, 5.74) is 0.768. The van der Waals surface area contributed by atoms with Crippen molar-refractivity contribution >= 4 is 23.8 Å². The van der Waals surface area contributed by atoms with Crippen LogP contribution in [0, 0.1) is 5.92 Å². The van der Waals surface area contributed by atoms with Gasteiger partial charge in [-0.25, -0.2) is 4.79 Å². The van der Waals surface area contributed by atoms with E-state index in [9.17, 15) is 24.3 Å². The number of hydrogen-bond donors (Lipinski definition) is 2. The quantitative estimate of drug-likeness (QED) is 0.181. The van der Waals surface area contributed by atoms with Crippen LogP contribution < -0.4 is 5.32 Å². The summed E-state index contributed by atoms with van der Waals surface area (Å²) in [5.74, 6) is -2.78. The predicted octanol–water partition coefficient (Wildman–Crippen LogP) is 3.07. The smallest absolute Gasteiger partial charge is 0.332 e. The zero-order chi connectivity index (χ0) is 27.8. The number of allylic oxidation sites excluding steroid dienone is 2. The molecule has 0 saturated carbocycles. The first-order chi connectivity index (χ1) is 18.4. The summed E-state index contributed by atoms with van der Waals surface area (Å²) in [7, 11) is 0. The number of hydrogen-bond acceptors (Lipinski definition) is 7. The van der Waals surface area contributed by atoms with E-state index >= 15 is 0 Å². The van der Waals surface area contributed by atoms with Gasteiger partial charge in [0.25, 0.3) is 0 Å². The molecule has 0 spiro atoms. The highest BCUT2D eigenvalue weighted by Gasteiger charge is 2.33. The molecule has 9 heteroatoms. The first-order valence-electron chi connectivity index (χ1n) is 13.2. The molecular weight excluding hydrogens is 488 g/mol. The minimum atomic E-state index is -1.23. The van der Waals surface area contributed by atoms with Crippen LogP contribution in [0.15, 0.2) is 55.6 Å². The van der Waals surface area contributed by atoms with E-state index in [-0.39, 0.29) is 51.0 Å². The van der Waals surface area contributed by atoms with E-state index in [2.05, 4.69) is 18.5 Å². The fraction of sp³-hybridized carbons (Fsp3) is 0.517. The summed E-state index contributed by atoms with van der Waals surface area (Å²) in [6.07, 6.45) is 7.33. The zero-order valence-corrected chi connectivity index (χ0v) is 22.0. The van der Waals surface area contributed by atoms with Crippen LogP contribution in [0.3, 0.4) is 0 Å². The van der Waals surface area contributed by atoms with Crippen molar-refractivity contribution in [3.8, 4) is 0 Å². The maximum Gasteiger partial charge on any atom is 0.332 e. The Balaban J connectivity index is 2.04. The number of nitrogens with one attached hydrogen (secondary N) is 1. The summed E-state index contributed by atoms with van der Waals surface area (Å²) >= 11 is 0. The summed E-state index contributed by atoms with van der Waals surface area (Å²) in [6, 6.07) is 7.59. The molecule has 1 heterocycles. The van der Waals surface area contributed by atoms with Gasteiger partial charge >= 0.3 is 11.9 Å². The maximum absolute atomic E-state index is 13.2. The van der Waals surface area contributed by atoms with Gasteiger partial charge < -0.3 is 24.8 Å². The van der Waals surface area contributed by atoms with Crippen molar-refractivity contribution in [2.45, 2.75) is 70.1 Å². The normalized spacial score (nSPS) is 16.2. The first-order valence-corrected chi connectivity index (χ1v) is 13.2. The van der Waals surface area contributed by atoms with Crippen LogP contribution in [0.5, 0.6) is 0 Å². The number of ether oxygens (including phenoxy) is 2. The van der Waals surface area contributed by atoms with Crippen LogP contribution in [0.4, 0.5) is 0 Å². The number of esters is 2. The van der Waals surface area contributed by atoms with E-state index in [1.54, 1.807) is 23.1 Å². The number of carbonyl (C=O) groups is 4. The molecule has 1 aliphatic heterocycles. The van der Waals surface area contributed by atoms with Gasteiger partial charge in [0.1, 0.15) is 13.2 Å². The SMILES string of the molecule is C=CCCCCC(=O)OCC(NC(=O)C(CC=C)CC(=O)N1CCCC1CO)C(=O)OCc1ccccc1. The molecule has 9 nitrogen and oxygen atoms in total. The number of rotatable bonds is 17. The minimum absolute atomic E-state index is 0.00633. The van der Waals surface area contributed by atoms with Gasteiger partial charge in [-0.3, -0.25) is 14.4 Å². The Hall–Kier alpha value is -3.46. The van der Waals surface area contributed by atoms with Gasteiger partial charge in [-0.1, -0.05) is 42.5 Å². The Morgan fingerprint density at radius 3 is 2.55 bits per heavy atom. The van der Waals surface area contributed by atoms with Crippen LogP contribution in [0.25, 0.3) is 0 Å². The molecule has 0 radical (unpaired) electrons. The van der Waals surface area contributed by atoms with Gasteiger partial charge in [0.2, 0.25) is 11.8 Å². The van der Waals surface area contributed by atoms with Crippen LogP contribution in [0.1, 0.15) is 56.9 Å². The molecule has 208 valence electrons. The molecule has 2 N–H and O–H groups in total. The number of nitrogens with zero attached hydrogens (tertiary/aromatic N) is 1. The highest BCUT2D eigenvalue weighted by Crippen LogP contribution is 2.21. The van der Waals surface area contributed by atoms with Gasteiger partial charge in [0.15, 0.2) is 6.04 Å². The molecule has 1 aromatic carbocycles. The summed E-state index contributed by atoms with van der Waals surface area (Å²) in [5, 5.41) is 12.2. The van der Waals surface area contributed by atoms with E-state index in [1.165, 1.54) is 6.08 Å². The van der Waals surface area contributed by atoms with Gasteiger partial charge in [0.05, 0.1) is 18.6 Å². The van der Waals surface area contributed by atoms with Crippen LogP contribution in [-0.2, 0) is 35.3 Å². The third-order valence-corrected chi connectivity index (χ3v) is 6.43. The minimum Gasteiger partial charge on any atom is -0.463 e. The van der Waals surface area contributed by atoms with Crippen molar-refractivity contribution in [2.75, 3.05) is 19.8 Å². The fourth-order valence-electron chi connectivity index (χ4n) is 4.26. The lowest BCUT2D eigenvalue weighted by Crippen LogP contribution is -2.48. The number of unbranched alkanes of at least 4 members (excludes halogenated alkanes) is 2. The topological polar surface area (TPSA) is 122 Å². The Morgan fingerprint density at radius 1 is 1.11 bits per heavy atom. The molecular formula is C29H40N2O7. The summed E-state index contributed by atoms with van der Waals surface area (Å²) in [6.45, 7) is 7.35. The number of aliphatic hydroxyl groups excluding tert-OH is 1. The molecule has 0 aromatic heterocycles. The van der Waals surface area contributed by atoms with Gasteiger partial charge in [-0.2, -0.15) is 0 Å². The molecule has 3 atom stereocenters. The lowest BCUT2D eigenvalue weighted by molar-refractivity contribution is -0.155. The predicted molar refractivity (Wildman–Crippen MR) is 143 cm³/mol. The Bertz CT molecular complexity index is 934. The largest absolute Gasteiger partial charge is 0.463 e. The van der Waals surface area contributed by atoms with E-state index in [0.717, 1.165) is 31.2 Å². The Labute approximate surface area is 224 Å². The second-order valence-corrected chi connectivity index (χ2v) is 9.36. The molecule has 1 aliphatic rings. The molecule has 1 fully saturated rings. The molecule has 1 aromatic rings. The molecule has 3 unspecified atom stereocenters. The van der Waals surface area contributed by atoms with Crippen molar-refractivity contribution in [3.63, 3.8) is 0 Å². The number of benzene rings is 1. The Morgan fingerprint density at radius 2 is 1.87 bits per heavy atom. The molecule has 0 bridgehead atoms. The second-order valence-electron chi connectivity index (χ2n) is 9.36. The van der Waals surface area contributed by atoms with Crippen molar-refractivity contribution in [3.05, 3.63) is 61.2 Å². The van der Waals surface area contributed by atoms with Gasteiger partial charge in [-0.05, 0) is 44.1 Å². The maximum atomic E-state index is 13.2.